The fourth-order valence-electron chi connectivity index (χ4n) is 2.94. The molecular weight excluding hydrogens is 380 g/mol. The summed E-state index contributed by atoms with van der Waals surface area (Å²) >= 11 is 0. The van der Waals surface area contributed by atoms with Gasteiger partial charge in [-0.1, -0.05) is 19.1 Å². The lowest BCUT2D eigenvalue weighted by Gasteiger charge is -2.29. The summed E-state index contributed by atoms with van der Waals surface area (Å²) in [6.07, 6.45) is 0. The SMILES string of the molecule is CCNS(=O)(=O)c1cccc(C(=O)NC(C)(C)c2ccc3c(c2)OCCO3)c1. The number of amides is 1. The van der Waals surface area contributed by atoms with Gasteiger partial charge >= 0.3 is 0 Å². The first kappa shape index (κ1) is 20.2. The first-order chi connectivity index (χ1) is 13.2. The van der Waals surface area contributed by atoms with Gasteiger partial charge in [0.15, 0.2) is 11.5 Å². The van der Waals surface area contributed by atoms with Gasteiger partial charge in [0.1, 0.15) is 13.2 Å². The number of sulfonamides is 1. The molecule has 0 unspecified atom stereocenters. The number of carbonyl (C=O) groups is 1. The van der Waals surface area contributed by atoms with Gasteiger partial charge in [-0.3, -0.25) is 4.79 Å². The molecule has 0 atom stereocenters. The van der Waals surface area contributed by atoms with E-state index in [9.17, 15) is 13.2 Å². The van der Waals surface area contributed by atoms with Crippen molar-refractivity contribution in [2.45, 2.75) is 31.2 Å². The Kier molecular flexibility index (Phi) is 5.62. The molecule has 0 aromatic heterocycles. The number of hydrogen-bond donors (Lipinski definition) is 2. The Labute approximate surface area is 165 Å². The quantitative estimate of drug-likeness (QED) is 0.771. The highest BCUT2D eigenvalue weighted by atomic mass is 32.2. The lowest BCUT2D eigenvalue weighted by molar-refractivity contribution is 0.0911. The highest BCUT2D eigenvalue weighted by molar-refractivity contribution is 7.89. The van der Waals surface area contributed by atoms with Gasteiger partial charge in [-0.2, -0.15) is 0 Å². The van der Waals surface area contributed by atoms with Gasteiger partial charge in [0, 0.05) is 12.1 Å². The van der Waals surface area contributed by atoms with Gasteiger partial charge in [0.2, 0.25) is 10.0 Å². The molecule has 0 fully saturated rings. The lowest BCUT2D eigenvalue weighted by Crippen LogP contribution is -2.41. The fraction of sp³-hybridized carbons (Fsp3) is 0.350. The van der Waals surface area contributed by atoms with E-state index in [2.05, 4.69) is 10.0 Å². The van der Waals surface area contributed by atoms with Gasteiger partial charge in [-0.05, 0) is 49.7 Å². The zero-order valence-electron chi connectivity index (χ0n) is 16.1. The normalized spacial score (nSPS) is 13.8. The first-order valence-corrected chi connectivity index (χ1v) is 10.5. The third-order valence-electron chi connectivity index (χ3n) is 4.43. The van der Waals surface area contributed by atoms with Gasteiger partial charge in [0.05, 0.1) is 10.4 Å². The summed E-state index contributed by atoms with van der Waals surface area (Å²) in [7, 11) is -3.63. The number of rotatable bonds is 6. The van der Waals surface area contributed by atoms with Gasteiger partial charge in [-0.25, -0.2) is 13.1 Å². The minimum Gasteiger partial charge on any atom is -0.486 e. The Morgan fingerprint density at radius 1 is 1.07 bits per heavy atom. The zero-order chi connectivity index (χ0) is 20.4. The topological polar surface area (TPSA) is 93.7 Å². The smallest absolute Gasteiger partial charge is 0.251 e. The molecule has 0 radical (unpaired) electrons. The first-order valence-electron chi connectivity index (χ1n) is 9.05. The van der Waals surface area contributed by atoms with Crippen molar-refractivity contribution in [3.63, 3.8) is 0 Å². The molecule has 0 spiro atoms. The van der Waals surface area contributed by atoms with Crippen LogP contribution in [0.25, 0.3) is 0 Å². The summed E-state index contributed by atoms with van der Waals surface area (Å²) in [6, 6.07) is 11.5. The highest BCUT2D eigenvalue weighted by Crippen LogP contribution is 2.34. The molecule has 0 saturated carbocycles. The second-order valence-corrected chi connectivity index (χ2v) is 8.73. The molecule has 0 saturated heterocycles. The van der Waals surface area contributed by atoms with E-state index in [-0.39, 0.29) is 22.9 Å². The van der Waals surface area contributed by atoms with E-state index in [1.807, 2.05) is 32.0 Å². The Hall–Kier alpha value is -2.58. The van der Waals surface area contributed by atoms with Crippen LogP contribution in [0.5, 0.6) is 11.5 Å². The molecule has 3 rings (SSSR count). The van der Waals surface area contributed by atoms with Crippen molar-refractivity contribution in [2.75, 3.05) is 19.8 Å². The highest BCUT2D eigenvalue weighted by Gasteiger charge is 2.26. The summed E-state index contributed by atoms with van der Waals surface area (Å²) < 4.78 is 37.9. The number of benzene rings is 2. The summed E-state index contributed by atoms with van der Waals surface area (Å²) in [6.45, 7) is 6.71. The van der Waals surface area contributed by atoms with Crippen LogP contribution in [0.3, 0.4) is 0 Å². The molecule has 1 aliphatic heterocycles. The van der Waals surface area contributed by atoms with Gasteiger partial charge in [0.25, 0.3) is 5.91 Å². The van der Waals surface area contributed by atoms with Crippen LogP contribution < -0.4 is 19.5 Å². The maximum absolute atomic E-state index is 12.8. The fourth-order valence-corrected chi connectivity index (χ4v) is 4.02. The Bertz CT molecular complexity index is 986. The van der Waals surface area contributed by atoms with E-state index in [0.717, 1.165) is 5.56 Å². The number of fused-ring (bicyclic) bond motifs is 1. The molecule has 2 aromatic carbocycles. The Morgan fingerprint density at radius 2 is 1.79 bits per heavy atom. The van der Waals surface area contributed by atoms with E-state index in [0.29, 0.717) is 24.7 Å². The second kappa shape index (κ2) is 7.81. The molecule has 8 heteroatoms. The molecular formula is C20H24N2O5S. The molecule has 28 heavy (non-hydrogen) atoms. The van der Waals surface area contributed by atoms with Crippen LogP contribution in [0, 0.1) is 0 Å². The molecule has 2 aromatic rings. The predicted molar refractivity (Wildman–Crippen MR) is 105 cm³/mol. The Balaban J connectivity index is 1.82. The van der Waals surface area contributed by atoms with E-state index in [1.165, 1.54) is 12.1 Å². The third kappa shape index (κ3) is 4.28. The monoisotopic (exact) mass is 404 g/mol. The van der Waals surface area contributed by atoms with Gasteiger partial charge < -0.3 is 14.8 Å². The predicted octanol–water partition coefficient (Wildman–Crippen LogP) is 2.42. The lowest BCUT2D eigenvalue weighted by atomic mass is 9.93. The van der Waals surface area contributed by atoms with E-state index in [4.69, 9.17) is 9.47 Å². The molecule has 1 heterocycles. The number of carbonyl (C=O) groups excluding carboxylic acids is 1. The summed E-state index contributed by atoms with van der Waals surface area (Å²) in [5.41, 5.74) is 0.412. The van der Waals surface area contributed by atoms with E-state index >= 15 is 0 Å². The third-order valence-corrected chi connectivity index (χ3v) is 5.97. The van der Waals surface area contributed by atoms with Crippen LogP contribution in [0.15, 0.2) is 47.4 Å². The van der Waals surface area contributed by atoms with Crippen LogP contribution in [0.2, 0.25) is 0 Å². The number of ether oxygens (including phenoxy) is 2. The van der Waals surface area contributed by atoms with Gasteiger partial charge in [-0.15, -0.1) is 0 Å². The molecule has 2 N–H and O–H groups in total. The molecule has 1 amide bonds. The minimum absolute atomic E-state index is 0.0548. The van der Waals surface area contributed by atoms with Crippen molar-refractivity contribution in [3.05, 3.63) is 53.6 Å². The second-order valence-electron chi connectivity index (χ2n) is 6.97. The molecule has 150 valence electrons. The van der Waals surface area contributed by atoms with Crippen molar-refractivity contribution in [1.29, 1.82) is 0 Å². The van der Waals surface area contributed by atoms with Crippen LogP contribution in [0.4, 0.5) is 0 Å². The molecule has 7 nitrogen and oxygen atoms in total. The van der Waals surface area contributed by atoms with Crippen molar-refractivity contribution in [2.24, 2.45) is 0 Å². The summed E-state index contributed by atoms with van der Waals surface area (Å²) in [5.74, 6) is 0.955. The van der Waals surface area contributed by atoms with Crippen LogP contribution in [0.1, 0.15) is 36.7 Å². The average molecular weight is 404 g/mol. The maximum Gasteiger partial charge on any atom is 0.251 e. The number of nitrogens with one attached hydrogen (secondary N) is 2. The molecule has 1 aliphatic rings. The average Bonchev–Trinajstić information content (AvgIpc) is 2.67. The van der Waals surface area contributed by atoms with Crippen molar-refractivity contribution < 1.29 is 22.7 Å². The molecule has 0 aliphatic carbocycles. The van der Waals surface area contributed by atoms with Crippen molar-refractivity contribution in [1.82, 2.24) is 10.0 Å². The van der Waals surface area contributed by atoms with Crippen LogP contribution >= 0.6 is 0 Å². The van der Waals surface area contributed by atoms with E-state index in [1.54, 1.807) is 19.1 Å². The summed E-state index contributed by atoms with van der Waals surface area (Å²) in [5, 5.41) is 2.96. The van der Waals surface area contributed by atoms with Crippen LogP contribution in [-0.2, 0) is 15.6 Å². The standard InChI is InChI=1S/C20H24N2O5S/c1-4-21-28(24,25)16-7-5-6-14(12-16)19(23)22-20(2,3)15-8-9-17-18(13-15)27-11-10-26-17/h5-9,12-13,21H,4,10-11H2,1-3H3,(H,22,23). The Morgan fingerprint density at radius 3 is 2.50 bits per heavy atom. The van der Waals surface area contributed by atoms with Crippen molar-refractivity contribution >= 4 is 15.9 Å². The largest absolute Gasteiger partial charge is 0.486 e. The molecule has 0 bridgehead atoms. The van der Waals surface area contributed by atoms with Crippen LogP contribution in [-0.4, -0.2) is 34.1 Å². The summed E-state index contributed by atoms with van der Waals surface area (Å²) in [4.78, 5) is 12.8. The zero-order valence-corrected chi connectivity index (χ0v) is 16.9. The maximum atomic E-state index is 12.8. The number of hydrogen-bond acceptors (Lipinski definition) is 5. The van der Waals surface area contributed by atoms with Crippen molar-refractivity contribution in [3.8, 4) is 11.5 Å². The minimum atomic E-state index is -3.63. The van der Waals surface area contributed by atoms with E-state index < -0.39 is 15.6 Å².